The fraction of sp³-hybridized carbons (Fsp3) is 0.150. The van der Waals surface area contributed by atoms with Gasteiger partial charge in [0.25, 0.3) is 5.56 Å². The number of hydrogen-bond donors (Lipinski definition) is 1. The first-order valence-electron chi connectivity index (χ1n) is 8.24. The zero-order valence-corrected chi connectivity index (χ0v) is 16.4. The molecule has 3 aromatic rings. The maximum absolute atomic E-state index is 13.9. The molecule has 5 nitrogen and oxygen atoms in total. The number of nitrogens with one attached hydrogen (secondary N) is 1. The van der Waals surface area contributed by atoms with Crippen LogP contribution >= 0.6 is 15.9 Å². The number of aryl methyl sites for hydroxylation is 2. The average molecular weight is 430 g/mol. The van der Waals surface area contributed by atoms with Crippen LogP contribution in [0.15, 0.2) is 57.8 Å². The normalized spacial score (nSPS) is 10.7. The zero-order valence-electron chi connectivity index (χ0n) is 14.8. The summed E-state index contributed by atoms with van der Waals surface area (Å²) in [6, 6.07) is 13.2. The molecule has 1 heterocycles. The van der Waals surface area contributed by atoms with E-state index in [0.29, 0.717) is 10.2 Å². The van der Waals surface area contributed by atoms with Crippen molar-refractivity contribution >= 4 is 27.5 Å². The number of hydrogen-bond acceptors (Lipinski definition) is 3. The van der Waals surface area contributed by atoms with Crippen molar-refractivity contribution in [2.24, 2.45) is 0 Å². The summed E-state index contributed by atoms with van der Waals surface area (Å²) < 4.78 is 15.5. The molecule has 1 amide bonds. The van der Waals surface area contributed by atoms with E-state index >= 15 is 0 Å². The summed E-state index contributed by atoms with van der Waals surface area (Å²) in [5.41, 5.74) is 3.33. The number of nitrogens with zero attached hydrogens (tertiary/aromatic N) is 2. The summed E-state index contributed by atoms with van der Waals surface area (Å²) >= 11 is 3.16. The highest BCUT2D eigenvalue weighted by Gasteiger charge is 2.11. The molecule has 0 radical (unpaired) electrons. The predicted molar refractivity (Wildman–Crippen MR) is 106 cm³/mol. The van der Waals surface area contributed by atoms with Crippen molar-refractivity contribution < 1.29 is 9.18 Å². The Morgan fingerprint density at radius 2 is 1.89 bits per heavy atom. The minimum absolute atomic E-state index is 0.0431. The summed E-state index contributed by atoms with van der Waals surface area (Å²) in [5.74, 6) is -1.11. The second-order valence-corrected chi connectivity index (χ2v) is 7.10. The lowest BCUT2D eigenvalue weighted by molar-refractivity contribution is -0.117. The lowest BCUT2D eigenvalue weighted by Crippen LogP contribution is -2.29. The van der Waals surface area contributed by atoms with Gasteiger partial charge < -0.3 is 5.32 Å². The van der Waals surface area contributed by atoms with Gasteiger partial charge in [0.1, 0.15) is 12.4 Å². The molecule has 0 aliphatic carbocycles. The highest BCUT2D eigenvalue weighted by molar-refractivity contribution is 9.10. The summed E-state index contributed by atoms with van der Waals surface area (Å²) in [6.45, 7) is 3.70. The highest BCUT2D eigenvalue weighted by Crippen LogP contribution is 2.20. The molecule has 27 heavy (non-hydrogen) atoms. The first kappa shape index (κ1) is 19.0. The van der Waals surface area contributed by atoms with Crippen molar-refractivity contribution in [2.75, 3.05) is 5.32 Å². The quantitative estimate of drug-likeness (QED) is 0.679. The predicted octanol–water partition coefficient (Wildman–Crippen LogP) is 4.07. The Morgan fingerprint density at radius 1 is 1.11 bits per heavy atom. The van der Waals surface area contributed by atoms with Gasteiger partial charge in [-0.15, -0.1) is 0 Å². The van der Waals surface area contributed by atoms with Crippen LogP contribution in [-0.4, -0.2) is 15.7 Å². The molecule has 0 saturated carbocycles. The molecule has 0 spiro atoms. The Bertz CT molecular complexity index is 1080. The molecule has 0 atom stereocenters. The molecular weight excluding hydrogens is 413 g/mol. The maximum Gasteiger partial charge on any atom is 0.267 e. The largest absolute Gasteiger partial charge is 0.322 e. The van der Waals surface area contributed by atoms with Crippen LogP contribution in [-0.2, 0) is 11.3 Å². The van der Waals surface area contributed by atoms with Crippen LogP contribution in [0.5, 0.6) is 0 Å². The van der Waals surface area contributed by atoms with Gasteiger partial charge in [0.2, 0.25) is 5.91 Å². The Labute approximate surface area is 164 Å². The van der Waals surface area contributed by atoms with Gasteiger partial charge in [-0.1, -0.05) is 28.1 Å². The molecule has 1 N–H and O–H groups in total. The van der Waals surface area contributed by atoms with Crippen molar-refractivity contribution in [3.8, 4) is 11.3 Å². The van der Waals surface area contributed by atoms with Gasteiger partial charge in [-0.2, -0.15) is 5.10 Å². The average Bonchev–Trinajstić information content (AvgIpc) is 2.62. The van der Waals surface area contributed by atoms with Crippen molar-refractivity contribution in [1.29, 1.82) is 0 Å². The summed E-state index contributed by atoms with van der Waals surface area (Å²) in [7, 11) is 0. The minimum atomic E-state index is -0.568. The molecule has 0 unspecified atom stereocenters. The van der Waals surface area contributed by atoms with E-state index < -0.39 is 17.3 Å². The Balaban J connectivity index is 1.83. The van der Waals surface area contributed by atoms with Gasteiger partial charge in [-0.3, -0.25) is 9.59 Å². The lowest BCUT2D eigenvalue weighted by atomic mass is 10.0. The Morgan fingerprint density at radius 3 is 2.59 bits per heavy atom. The third kappa shape index (κ3) is 4.49. The Kier molecular flexibility index (Phi) is 5.51. The minimum Gasteiger partial charge on any atom is -0.322 e. The third-order valence-electron chi connectivity index (χ3n) is 4.17. The standard InChI is InChI=1S/C20H17BrFN3O2/c1-12-3-4-14(9-13(12)2)17-7-8-20(27)25(24-17)11-19(26)23-18-6-5-15(21)10-16(18)22/h3-10H,11H2,1-2H3,(H,23,26). The zero-order chi connectivity index (χ0) is 19.6. The van der Waals surface area contributed by atoms with E-state index in [9.17, 15) is 14.0 Å². The number of rotatable bonds is 4. The number of aromatic nitrogens is 2. The van der Waals surface area contributed by atoms with Crippen LogP contribution in [0.2, 0.25) is 0 Å². The SMILES string of the molecule is Cc1ccc(-c2ccc(=O)n(CC(=O)Nc3ccc(Br)cc3F)n2)cc1C. The van der Waals surface area contributed by atoms with Crippen LogP contribution in [0, 0.1) is 19.7 Å². The third-order valence-corrected chi connectivity index (χ3v) is 4.66. The number of amides is 1. The number of halogens is 2. The molecule has 0 saturated heterocycles. The monoisotopic (exact) mass is 429 g/mol. The number of benzene rings is 2. The highest BCUT2D eigenvalue weighted by atomic mass is 79.9. The number of anilines is 1. The van der Waals surface area contributed by atoms with Crippen molar-refractivity contribution in [1.82, 2.24) is 9.78 Å². The second kappa shape index (κ2) is 7.84. The van der Waals surface area contributed by atoms with Gasteiger partial charge in [-0.25, -0.2) is 9.07 Å². The second-order valence-electron chi connectivity index (χ2n) is 6.19. The summed E-state index contributed by atoms with van der Waals surface area (Å²) in [4.78, 5) is 24.3. The van der Waals surface area contributed by atoms with Gasteiger partial charge >= 0.3 is 0 Å². The molecule has 0 bridgehead atoms. The lowest BCUT2D eigenvalue weighted by Gasteiger charge is -2.10. The topological polar surface area (TPSA) is 64.0 Å². The molecule has 138 valence electrons. The summed E-state index contributed by atoms with van der Waals surface area (Å²) in [5, 5.41) is 6.73. The van der Waals surface area contributed by atoms with Crippen LogP contribution in [0.25, 0.3) is 11.3 Å². The molecule has 0 aliphatic rings. The van der Waals surface area contributed by atoms with E-state index in [1.54, 1.807) is 12.1 Å². The molecule has 0 fully saturated rings. The van der Waals surface area contributed by atoms with Gasteiger partial charge in [-0.05, 0) is 55.3 Å². The molecular formula is C20H17BrFN3O2. The molecule has 7 heteroatoms. The number of carbonyl (C=O) groups is 1. The smallest absolute Gasteiger partial charge is 0.267 e. The molecule has 0 aliphatic heterocycles. The first-order chi connectivity index (χ1) is 12.8. The van der Waals surface area contributed by atoms with Crippen molar-refractivity contribution in [2.45, 2.75) is 20.4 Å². The van der Waals surface area contributed by atoms with E-state index in [2.05, 4.69) is 26.3 Å². The van der Waals surface area contributed by atoms with Crippen molar-refractivity contribution in [3.05, 3.63) is 80.3 Å². The van der Waals surface area contributed by atoms with E-state index in [-0.39, 0.29) is 12.2 Å². The van der Waals surface area contributed by atoms with Gasteiger partial charge in [0, 0.05) is 16.1 Å². The Hall–Kier alpha value is -2.80. The van der Waals surface area contributed by atoms with Crippen LogP contribution in [0.4, 0.5) is 10.1 Å². The number of carbonyl (C=O) groups excluding carboxylic acids is 1. The van der Waals surface area contributed by atoms with Crippen LogP contribution in [0.1, 0.15) is 11.1 Å². The van der Waals surface area contributed by atoms with E-state index in [4.69, 9.17) is 0 Å². The fourth-order valence-corrected chi connectivity index (χ4v) is 2.87. The molecule has 3 rings (SSSR count). The van der Waals surface area contributed by atoms with E-state index in [1.165, 1.54) is 18.2 Å². The van der Waals surface area contributed by atoms with Crippen LogP contribution < -0.4 is 10.9 Å². The van der Waals surface area contributed by atoms with Crippen molar-refractivity contribution in [3.63, 3.8) is 0 Å². The fourth-order valence-electron chi connectivity index (χ4n) is 2.53. The van der Waals surface area contributed by atoms with Gasteiger partial charge in [0.05, 0.1) is 11.4 Å². The maximum atomic E-state index is 13.9. The molecule has 1 aromatic heterocycles. The van der Waals surface area contributed by atoms with E-state index in [0.717, 1.165) is 21.4 Å². The van der Waals surface area contributed by atoms with Crippen LogP contribution in [0.3, 0.4) is 0 Å². The van der Waals surface area contributed by atoms with Gasteiger partial charge in [0.15, 0.2) is 0 Å². The first-order valence-corrected chi connectivity index (χ1v) is 9.03. The summed E-state index contributed by atoms with van der Waals surface area (Å²) in [6.07, 6.45) is 0. The molecule has 2 aromatic carbocycles. The van der Waals surface area contributed by atoms with E-state index in [1.807, 2.05) is 32.0 Å².